The zero-order chi connectivity index (χ0) is 20.2. The lowest BCUT2D eigenvalue weighted by molar-refractivity contribution is -0.134. The molecule has 1 saturated carbocycles. The number of fused-ring (bicyclic) bond motifs is 1. The van der Waals surface area contributed by atoms with Crippen LogP contribution in [0.15, 0.2) is 33.5 Å². The van der Waals surface area contributed by atoms with Gasteiger partial charge in [0.2, 0.25) is 5.91 Å². The summed E-state index contributed by atoms with van der Waals surface area (Å²) in [6.45, 7) is 6.37. The van der Waals surface area contributed by atoms with Gasteiger partial charge in [0.05, 0.1) is 6.61 Å². The second-order valence-corrected chi connectivity index (χ2v) is 8.19. The van der Waals surface area contributed by atoms with Gasteiger partial charge in [0.15, 0.2) is 0 Å². The molecular formula is C23H30N2O4. The van der Waals surface area contributed by atoms with E-state index < -0.39 is 0 Å². The second kappa shape index (κ2) is 8.99. The molecule has 6 heteroatoms. The summed E-state index contributed by atoms with van der Waals surface area (Å²) in [6.07, 6.45) is 5.67. The second-order valence-electron chi connectivity index (χ2n) is 8.19. The third-order valence-electron chi connectivity index (χ3n) is 6.17. The first kappa shape index (κ1) is 20.0. The van der Waals surface area contributed by atoms with Crippen molar-refractivity contribution in [1.29, 1.82) is 0 Å². The summed E-state index contributed by atoms with van der Waals surface area (Å²) in [5.74, 6) is 1.68. The topological polar surface area (TPSA) is 63.0 Å². The molecule has 156 valence electrons. The summed E-state index contributed by atoms with van der Waals surface area (Å²) in [5, 5.41) is 0.912. The fourth-order valence-electron chi connectivity index (χ4n) is 4.58. The summed E-state index contributed by atoms with van der Waals surface area (Å²) in [6, 6.07) is 7.15. The number of rotatable bonds is 6. The Morgan fingerprint density at radius 2 is 1.90 bits per heavy atom. The van der Waals surface area contributed by atoms with E-state index in [2.05, 4.69) is 4.90 Å². The molecule has 1 aliphatic heterocycles. The Morgan fingerprint density at radius 3 is 2.62 bits per heavy atom. The van der Waals surface area contributed by atoms with Crippen LogP contribution in [-0.4, -0.2) is 48.5 Å². The van der Waals surface area contributed by atoms with Gasteiger partial charge in [-0.1, -0.05) is 12.8 Å². The maximum atomic E-state index is 12.6. The summed E-state index contributed by atoms with van der Waals surface area (Å²) in [7, 11) is 0. The maximum absolute atomic E-state index is 12.6. The molecule has 1 aromatic carbocycles. The lowest BCUT2D eigenvalue weighted by atomic mass is 10.0. The van der Waals surface area contributed by atoms with E-state index in [9.17, 15) is 9.59 Å². The van der Waals surface area contributed by atoms with Crippen molar-refractivity contribution in [3.8, 4) is 5.75 Å². The number of nitrogens with zero attached hydrogens (tertiary/aromatic N) is 2. The summed E-state index contributed by atoms with van der Waals surface area (Å²) >= 11 is 0. The predicted molar refractivity (Wildman–Crippen MR) is 112 cm³/mol. The monoisotopic (exact) mass is 398 g/mol. The van der Waals surface area contributed by atoms with Crippen molar-refractivity contribution >= 4 is 16.9 Å². The number of ether oxygens (including phenoxy) is 1. The highest BCUT2D eigenvalue weighted by atomic mass is 16.5. The molecule has 0 unspecified atom stereocenters. The fraction of sp³-hybridized carbons (Fsp3) is 0.565. The van der Waals surface area contributed by atoms with Crippen LogP contribution in [0.25, 0.3) is 11.0 Å². The number of benzene rings is 1. The Balaban J connectivity index is 1.41. The first-order chi connectivity index (χ1) is 14.1. The van der Waals surface area contributed by atoms with Crippen molar-refractivity contribution in [3.05, 3.63) is 40.2 Å². The van der Waals surface area contributed by atoms with E-state index in [0.717, 1.165) is 42.9 Å². The third-order valence-corrected chi connectivity index (χ3v) is 6.17. The molecule has 2 heterocycles. The van der Waals surface area contributed by atoms with E-state index in [0.29, 0.717) is 37.0 Å². The molecular weight excluding hydrogens is 368 g/mol. The molecule has 4 rings (SSSR count). The summed E-state index contributed by atoms with van der Waals surface area (Å²) in [4.78, 5) is 28.9. The van der Waals surface area contributed by atoms with Crippen molar-refractivity contribution < 1.29 is 13.9 Å². The zero-order valence-corrected chi connectivity index (χ0v) is 17.2. The number of hydrogen-bond acceptors (Lipinski definition) is 5. The summed E-state index contributed by atoms with van der Waals surface area (Å²) < 4.78 is 11.0. The van der Waals surface area contributed by atoms with E-state index in [1.165, 1.54) is 25.7 Å². The van der Waals surface area contributed by atoms with Crippen LogP contribution in [0.2, 0.25) is 0 Å². The van der Waals surface area contributed by atoms with Gasteiger partial charge >= 0.3 is 5.63 Å². The minimum absolute atomic E-state index is 0.309. The van der Waals surface area contributed by atoms with Crippen LogP contribution in [0.3, 0.4) is 0 Å². The fourth-order valence-corrected chi connectivity index (χ4v) is 4.58. The molecule has 2 aliphatic rings. The molecule has 2 fully saturated rings. The van der Waals surface area contributed by atoms with Crippen molar-refractivity contribution in [2.45, 2.75) is 45.6 Å². The first-order valence-electron chi connectivity index (χ1n) is 10.8. The lowest BCUT2D eigenvalue weighted by Gasteiger charge is -2.35. The van der Waals surface area contributed by atoms with Crippen molar-refractivity contribution in [1.82, 2.24) is 9.80 Å². The van der Waals surface area contributed by atoms with Gasteiger partial charge in [0.25, 0.3) is 0 Å². The van der Waals surface area contributed by atoms with Crippen LogP contribution in [0.4, 0.5) is 0 Å². The Hall–Kier alpha value is -2.34. The smallest absolute Gasteiger partial charge is 0.336 e. The molecule has 29 heavy (non-hydrogen) atoms. The van der Waals surface area contributed by atoms with Gasteiger partial charge in [-0.15, -0.1) is 0 Å². The minimum atomic E-state index is -0.331. The number of carbonyl (C=O) groups is 1. The molecule has 1 saturated heterocycles. The molecule has 1 aromatic heterocycles. The number of piperazine rings is 1. The zero-order valence-electron chi connectivity index (χ0n) is 17.2. The van der Waals surface area contributed by atoms with Crippen LogP contribution in [0.5, 0.6) is 5.75 Å². The van der Waals surface area contributed by atoms with Gasteiger partial charge in [-0.3, -0.25) is 9.69 Å². The molecule has 1 aliphatic carbocycles. The molecule has 2 aromatic rings. The predicted octanol–water partition coefficient (Wildman–Crippen LogP) is 3.42. The quantitative estimate of drug-likeness (QED) is 0.698. The lowest BCUT2D eigenvalue weighted by Crippen LogP contribution is -2.48. The van der Waals surface area contributed by atoms with Crippen LogP contribution in [-0.2, 0) is 11.3 Å². The number of hydrogen-bond donors (Lipinski definition) is 0. The molecule has 0 radical (unpaired) electrons. The highest BCUT2D eigenvalue weighted by Crippen LogP contribution is 2.28. The third kappa shape index (κ3) is 4.81. The largest absolute Gasteiger partial charge is 0.494 e. The molecule has 0 N–H and O–H groups in total. The Kier molecular flexibility index (Phi) is 6.19. The molecule has 0 atom stereocenters. The van der Waals surface area contributed by atoms with E-state index >= 15 is 0 Å². The standard InChI is InChI=1S/C23H30N2O4/c1-2-28-19-7-8-21-20(15-19)18(14-23(27)29-21)16-24-9-11-25(12-10-24)22(26)13-17-5-3-4-6-17/h7-8,14-15,17H,2-6,9-13,16H2,1H3. The summed E-state index contributed by atoms with van der Waals surface area (Å²) in [5.41, 5.74) is 1.20. The molecule has 0 spiro atoms. The Bertz CT molecular complexity index is 909. The van der Waals surface area contributed by atoms with Crippen molar-refractivity contribution in [2.75, 3.05) is 32.8 Å². The number of amides is 1. The Morgan fingerprint density at radius 1 is 1.14 bits per heavy atom. The molecule has 6 nitrogen and oxygen atoms in total. The van der Waals surface area contributed by atoms with Crippen LogP contribution < -0.4 is 10.4 Å². The normalized spacial score (nSPS) is 18.4. The van der Waals surface area contributed by atoms with Gasteiger partial charge in [-0.05, 0) is 49.4 Å². The van der Waals surface area contributed by atoms with Gasteiger partial charge in [0, 0.05) is 50.6 Å². The van der Waals surface area contributed by atoms with Gasteiger partial charge in [0.1, 0.15) is 11.3 Å². The highest BCUT2D eigenvalue weighted by molar-refractivity contribution is 5.81. The van der Waals surface area contributed by atoms with Gasteiger partial charge in [-0.2, -0.15) is 0 Å². The average molecular weight is 399 g/mol. The van der Waals surface area contributed by atoms with E-state index in [-0.39, 0.29) is 5.63 Å². The Labute approximate surface area is 171 Å². The van der Waals surface area contributed by atoms with Gasteiger partial charge < -0.3 is 14.1 Å². The van der Waals surface area contributed by atoms with E-state index in [4.69, 9.17) is 9.15 Å². The van der Waals surface area contributed by atoms with Gasteiger partial charge in [-0.25, -0.2) is 4.79 Å². The molecule has 0 bridgehead atoms. The van der Waals surface area contributed by atoms with Crippen molar-refractivity contribution in [2.24, 2.45) is 5.92 Å². The number of carbonyl (C=O) groups excluding carboxylic acids is 1. The SMILES string of the molecule is CCOc1ccc2oc(=O)cc(CN3CCN(C(=O)CC4CCCC4)CC3)c2c1. The average Bonchev–Trinajstić information content (AvgIpc) is 3.22. The van der Waals surface area contributed by atoms with Crippen LogP contribution >= 0.6 is 0 Å². The highest BCUT2D eigenvalue weighted by Gasteiger charge is 2.25. The van der Waals surface area contributed by atoms with Crippen LogP contribution in [0, 0.1) is 5.92 Å². The maximum Gasteiger partial charge on any atom is 0.336 e. The minimum Gasteiger partial charge on any atom is -0.494 e. The van der Waals surface area contributed by atoms with Crippen LogP contribution in [0.1, 0.15) is 44.6 Å². The first-order valence-corrected chi connectivity index (χ1v) is 10.8. The van der Waals surface area contributed by atoms with E-state index in [1.807, 2.05) is 24.0 Å². The molecule has 1 amide bonds. The van der Waals surface area contributed by atoms with E-state index in [1.54, 1.807) is 12.1 Å². The van der Waals surface area contributed by atoms with Crippen molar-refractivity contribution in [3.63, 3.8) is 0 Å².